The summed E-state index contributed by atoms with van der Waals surface area (Å²) in [5.41, 5.74) is 0.894. The number of hydrogen-bond donors (Lipinski definition) is 2. The lowest BCUT2D eigenvalue weighted by atomic mass is 10.2. The molecule has 0 bridgehead atoms. The number of rotatable bonds is 8. The summed E-state index contributed by atoms with van der Waals surface area (Å²) in [5, 5.41) is 5.99. The molecule has 0 radical (unpaired) electrons. The first-order valence-corrected chi connectivity index (χ1v) is 10.1. The molecule has 0 atom stereocenters. The largest absolute Gasteiger partial charge is 0.351 e. The standard InChI is InChI=1S/C17H25N3O3S/c21-17(13-18-11-14-3-4-14)19-12-15-5-7-16(8-6-15)24(22,23)20-9-1-2-10-20/h5-8,14,18H,1-4,9-13H2,(H,19,21). The maximum atomic E-state index is 12.4. The number of nitrogens with one attached hydrogen (secondary N) is 2. The van der Waals surface area contributed by atoms with Crippen molar-refractivity contribution in [1.29, 1.82) is 0 Å². The van der Waals surface area contributed by atoms with Crippen LogP contribution in [0.5, 0.6) is 0 Å². The second-order valence-corrected chi connectivity index (χ2v) is 8.54. The van der Waals surface area contributed by atoms with E-state index in [2.05, 4.69) is 10.6 Å². The molecule has 1 aliphatic heterocycles. The fourth-order valence-corrected chi connectivity index (χ4v) is 4.35. The van der Waals surface area contributed by atoms with Gasteiger partial charge in [-0.1, -0.05) is 12.1 Å². The lowest BCUT2D eigenvalue weighted by Crippen LogP contribution is -2.34. The molecular weight excluding hydrogens is 326 g/mol. The molecule has 24 heavy (non-hydrogen) atoms. The number of benzene rings is 1. The fraction of sp³-hybridized carbons (Fsp3) is 0.588. The number of hydrogen-bond acceptors (Lipinski definition) is 4. The predicted molar refractivity (Wildman–Crippen MR) is 91.9 cm³/mol. The maximum Gasteiger partial charge on any atom is 0.243 e. The van der Waals surface area contributed by atoms with Gasteiger partial charge in [-0.25, -0.2) is 8.42 Å². The van der Waals surface area contributed by atoms with Crippen LogP contribution in [0.3, 0.4) is 0 Å². The summed E-state index contributed by atoms with van der Waals surface area (Å²) in [7, 11) is -3.37. The van der Waals surface area contributed by atoms with Crippen LogP contribution in [0.2, 0.25) is 0 Å². The van der Waals surface area contributed by atoms with E-state index in [1.54, 1.807) is 24.3 Å². The second kappa shape index (κ2) is 7.63. The number of carbonyl (C=O) groups excluding carboxylic acids is 1. The quantitative estimate of drug-likeness (QED) is 0.735. The van der Waals surface area contributed by atoms with Crippen molar-refractivity contribution in [3.05, 3.63) is 29.8 Å². The van der Waals surface area contributed by atoms with Crippen molar-refractivity contribution in [1.82, 2.24) is 14.9 Å². The molecule has 0 unspecified atom stereocenters. The van der Waals surface area contributed by atoms with E-state index in [0.29, 0.717) is 31.1 Å². The first-order chi connectivity index (χ1) is 11.6. The molecule has 3 rings (SSSR count). The zero-order valence-corrected chi connectivity index (χ0v) is 14.6. The highest BCUT2D eigenvalue weighted by atomic mass is 32.2. The van der Waals surface area contributed by atoms with Crippen molar-refractivity contribution in [3.63, 3.8) is 0 Å². The first-order valence-electron chi connectivity index (χ1n) is 8.62. The van der Waals surface area contributed by atoms with Crippen molar-refractivity contribution in [2.45, 2.75) is 37.1 Å². The highest BCUT2D eigenvalue weighted by Gasteiger charge is 2.26. The average molecular weight is 351 g/mol. The normalized spacial score (nSPS) is 18.7. The summed E-state index contributed by atoms with van der Waals surface area (Å²) in [5.74, 6) is 0.715. The molecule has 1 amide bonds. The highest BCUT2D eigenvalue weighted by molar-refractivity contribution is 7.89. The Hall–Kier alpha value is -1.44. The topological polar surface area (TPSA) is 78.5 Å². The molecular formula is C17H25N3O3S. The summed E-state index contributed by atoms with van der Waals surface area (Å²) in [6.07, 6.45) is 4.39. The van der Waals surface area contributed by atoms with Crippen LogP contribution < -0.4 is 10.6 Å². The van der Waals surface area contributed by atoms with E-state index in [1.807, 2.05) is 0 Å². The Bertz CT molecular complexity index is 663. The van der Waals surface area contributed by atoms with Crippen molar-refractivity contribution in [2.75, 3.05) is 26.2 Å². The summed E-state index contributed by atoms with van der Waals surface area (Å²) in [4.78, 5) is 12.1. The number of sulfonamides is 1. The van der Waals surface area contributed by atoms with Gasteiger partial charge in [0.15, 0.2) is 0 Å². The van der Waals surface area contributed by atoms with Crippen molar-refractivity contribution in [2.24, 2.45) is 5.92 Å². The Labute approximate surface area is 143 Å². The van der Waals surface area contributed by atoms with Gasteiger partial charge < -0.3 is 10.6 Å². The predicted octanol–water partition coefficient (Wildman–Crippen LogP) is 1.09. The van der Waals surface area contributed by atoms with Crippen LogP contribution in [0.4, 0.5) is 0 Å². The minimum absolute atomic E-state index is 0.0376. The fourth-order valence-electron chi connectivity index (χ4n) is 2.83. The van der Waals surface area contributed by atoms with Crippen LogP contribution in [0, 0.1) is 5.92 Å². The molecule has 1 aromatic carbocycles. The van der Waals surface area contributed by atoms with Crippen LogP contribution in [0.15, 0.2) is 29.2 Å². The van der Waals surface area contributed by atoms with E-state index >= 15 is 0 Å². The molecule has 132 valence electrons. The van der Waals surface area contributed by atoms with Gasteiger partial charge in [0.05, 0.1) is 11.4 Å². The molecule has 6 nitrogen and oxygen atoms in total. The van der Waals surface area contributed by atoms with E-state index in [0.717, 1.165) is 30.9 Å². The van der Waals surface area contributed by atoms with Crippen molar-refractivity contribution in [3.8, 4) is 0 Å². The average Bonchev–Trinajstić information content (AvgIpc) is 3.22. The van der Waals surface area contributed by atoms with Gasteiger partial charge in [-0.2, -0.15) is 4.31 Å². The van der Waals surface area contributed by atoms with Crippen LogP contribution in [-0.2, 0) is 21.4 Å². The van der Waals surface area contributed by atoms with Gasteiger partial charge in [-0.05, 0) is 55.8 Å². The molecule has 7 heteroatoms. The van der Waals surface area contributed by atoms with Crippen LogP contribution in [-0.4, -0.2) is 44.8 Å². The van der Waals surface area contributed by atoms with E-state index < -0.39 is 10.0 Å². The minimum Gasteiger partial charge on any atom is -0.351 e. The third kappa shape index (κ3) is 4.55. The molecule has 1 aliphatic carbocycles. The lowest BCUT2D eigenvalue weighted by Gasteiger charge is -2.15. The number of carbonyl (C=O) groups is 1. The van der Waals surface area contributed by atoms with Gasteiger partial charge in [0.2, 0.25) is 15.9 Å². The zero-order valence-electron chi connectivity index (χ0n) is 13.8. The Kier molecular flexibility index (Phi) is 5.53. The smallest absolute Gasteiger partial charge is 0.243 e. The Morgan fingerprint density at radius 3 is 2.42 bits per heavy atom. The highest BCUT2D eigenvalue weighted by Crippen LogP contribution is 2.27. The minimum atomic E-state index is -3.37. The molecule has 0 spiro atoms. The third-order valence-corrected chi connectivity index (χ3v) is 6.44. The van der Waals surface area contributed by atoms with E-state index in [1.165, 1.54) is 17.1 Å². The molecule has 1 saturated carbocycles. The van der Waals surface area contributed by atoms with Gasteiger partial charge >= 0.3 is 0 Å². The summed E-state index contributed by atoms with van der Waals surface area (Å²) in [6, 6.07) is 6.78. The van der Waals surface area contributed by atoms with Gasteiger partial charge in [0, 0.05) is 19.6 Å². The van der Waals surface area contributed by atoms with E-state index in [9.17, 15) is 13.2 Å². The summed E-state index contributed by atoms with van der Waals surface area (Å²) < 4.78 is 26.4. The SMILES string of the molecule is O=C(CNCC1CC1)NCc1ccc(S(=O)(=O)N2CCCC2)cc1. The zero-order chi connectivity index (χ0) is 17.0. The van der Waals surface area contributed by atoms with Crippen molar-refractivity contribution >= 4 is 15.9 Å². The molecule has 2 N–H and O–H groups in total. The van der Waals surface area contributed by atoms with Gasteiger partial charge in [-0.3, -0.25) is 4.79 Å². The summed E-state index contributed by atoms with van der Waals surface area (Å²) in [6.45, 7) is 2.87. The Morgan fingerprint density at radius 2 is 1.79 bits per heavy atom. The van der Waals surface area contributed by atoms with Crippen LogP contribution in [0.25, 0.3) is 0 Å². The Balaban J connectivity index is 1.47. The number of nitrogens with zero attached hydrogens (tertiary/aromatic N) is 1. The summed E-state index contributed by atoms with van der Waals surface area (Å²) >= 11 is 0. The molecule has 0 aromatic heterocycles. The number of amides is 1. The van der Waals surface area contributed by atoms with Crippen LogP contribution in [0.1, 0.15) is 31.2 Å². The lowest BCUT2D eigenvalue weighted by molar-refractivity contribution is -0.120. The molecule has 2 fully saturated rings. The first kappa shape index (κ1) is 17.4. The van der Waals surface area contributed by atoms with Gasteiger partial charge in [0.25, 0.3) is 0 Å². The third-order valence-electron chi connectivity index (χ3n) is 4.53. The maximum absolute atomic E-state index is 12.4. The van der Waals surface area contributed by atoms with Crippen LogP contribution >= 0.6 is 0 Å². The molecule has 1 saturated heterocycles. The second-order valence-electron chi connectivity index (χ2n) is 6.61. The molecule has 2 aliphatic rings. The van der Waals surface area contributed by atoms with E-state index in [-0.39, 0.29) is 5.91 Å². The van der Waals surface area contributed by atoms with Gasteiger partial charge in [-0.15, -0.1) is 0 Å². The van der Waals surface area contributed by atoms with Gasteiger partial charge in [0.1, 0.15) is 0 Å². The molecule has 1 heterocycles. The molecule has 1 aromatic rings. The monoisotopic (exact) mass is 351 g/mol. The van der Waals surface area contributed by atoms with Crippen molar-refractivity contribution < 1.29 is 13.2 Å². The van der Waals surface area contributed by atoms with E-state index in [4.69, 9.17) is 0 Å². The Morgan fingerprint density at radius 1 is 1.12 bits per heavy atom.